The molecule has 3 aromatic heterocycles. The Morgan fingerprint density at radius 1 is 1.11 bits per heavy atom. The molecule has 3 aromatic rings. The maximum Gasteiger partial charge on any atom is 0.289 e. The molecular formula is C20H18N4O3. The van der Waals surface area contributed by atoms with Crippen molar-refractivity contribution in [3.05, 3.63) is 71.1 Å². The summed E-state index contributed by atoms with van der Waals surface area (Å²) in [6, 6.07) is 6.87. The van der Waals surface area contributed by atoms with Crippen LogP contribution in [0.4, 0.5) is 0 Å². The van der Waals surface area contributed by atoms with Gasteiger partial charge in [-0.3, -0.25) is 9.59 Å². The Labute approximate surface area is 155 Å². The number of piperidine rings is 1. The average molecular weight is 362 g/mol. The second-order valence-electron chi connectivity index (χ2n) is 7.19. The molecule has 7 heteroatoms. The van der Waals surface area contributed by atoms with Gasteiger partial charge < -0.3 is 13.9 Å². The third-order valence-electron chi connectivity index (χ3n) is 5.48. The highest BCUT2D eigenvalue weighted by Crippen LogP contribution is 2.39. The van der Waals surface area contributed by atoms with Gasteiger partial charge in [-0.15, -0.1) is 0 Å². The van der Waals surface area contributed by atoms with E-state index >= 15 is 0 Å². The lowest BCUT2D eigenvalue weighted by atomic mass is 9.80. The van der Waals surface area contributed by atoms with Crippen LogP contribution in [0.5, 0.6) is 0 Å². The van der Waals surface area contributed by atoms with E-state index in [9.17, 15) is 9.59 Å². The molecule has 2 unspecified atom stereocenters. The highest BCUT2D eigenvalue weighted by Gasteiger charge is 2.38. The van der Waals surface area contributed by atoms with Crippen molar-refractivity contribution in [1.29, 1.82) is 0 Å². The van der Waals surface area contributed by atoms with Crippen LogP contribution in [0, 0.1) is 5.92 Å². The number of furan rings is 1. The molecule has 136 valence electrons. The van der Waals surface area contributed by atoms with Crippen LogP contribution in [-0.4, -0.2) is 38.4 Å². The van der Waals surface area contributed by atoms with Crippen molar-refractivity contribution in [2.24, 2.45) is 5.92 Å². The van der Waals surface area contributed by atoms with E-state index in [1.807, 2.05) is 15.5 Å². The summed E-state index contributed by atoms with van der Waals surface area (Å²) in [5, 5.41) is 0. The SMILES string of the molecule is O=C(c1ccco1)N1CC2CC(C1)c1c(-c3cncnc3)ccc(=O)n1C2. The third kappa shape index (κ3) is 2.66. The maximum atomic E-state index is 12.8. The van der Waals surface area contributed by atoms with Gasteiger partial charge in [-0.1, -0.05) is 0 Å². The third-order valence-corrected chi connectivity index (χ3v) is 5.48. The molecule has 2 bridgehead atoms. The number of rotatable bonds is 2. The number of nitrogens with zero attached hydrogens (tertiary/aromatic N) is 4. The Morgan fingerprint density at radius 3 is 2.74 bits per heavy atom. The minimum Gasteiger partial charge on any atom is -0.459 e. The van der Waals surface area contributed by atoms with E-state index in [0.717, 1.165) is 23.2 Å². The van der Waals surface area contributed by atoms with Crippen LogP contribution in [0.25, 0.3) is 11.1 Å². The smallest absolute Gasteiger partial charge is 0.289 e. The lowest BCUT2D eigenvalue weighted by Crippen LogP contribution is -2.49. The monoisotopic (exact) mass is 362 g/mol. The van der Waals surface area contributed by atoms with E-state index in [-0.39, 0.29) is 23.3 Å². The zero-order valence-electron chi connectivity index (χ0n) is 14.6. The van der Waals surface area contributed by atoms with E-state index in [4.69, 9.17) is 4.42 Å². The predicted octanol–water partition coefficient (Wildman–Crippen LogP) is 2.16. The normalized spacial score (nSPS) is 21.0. The first-order valence-electron chi connectivity index (χ1n) is 9.02. The fourth-order valence-electron chi connectivity index (χ4n) is 4.42. The molecule has 7 nitrogen and oxygen atoms in total. The Morgan fingerprint density at radius 2 is 1.96 bits per heavy atom. The van der Waals surface area contributed by atoms with E-state index in [2.05, 4.69) is 9.97 Å². The summed E-state index contributed by atoms with van der Waals surface area (Å²) in [5.41, 5.74) is 2.83. The van der Waals surface area contributed by atoms with Gasteiger partial charge in [0.2, 0.25) is 0 Å². The molecule has 0 aromatic carbocycles. The van der Waals surface area contributed by atoms with Crippen LogP contribution in [-0.2, 0) is 6.54 Å². The number of pyridine rings is 1. The molecule has 1 amide bonds. The molecule has 2 aliphatic heterocycles. The topological polar surface area (TPSA) is 81.2 Å². The van der Waals surface area contributed by atoms with Crippen molar-refractivity contribution in [2.75, 3.05) is 13.1 Å². The quantitative estimate of drug-likeness (QED) is 0.698. The molecule has 2 atom stereocenters. The van der Waals surface area contributed by atoms with Gasteiger partial charge in [-0.2, -0.15) is 0 Å². The highest BCUT2D eigenvalue weighted by molar-refractivity contribution is 5.91. The summed E-state index contributed by atoms with van der Waals surface area (Å²) in [6.45, 7) is 1.83. The van der Waals surface area contributed by atoms with Crippen LogP contribution in [0.2, 0.25) is 0 Å². The summed E-state index contributed by atoms with van der Waals surface area (Å²) in [5.74, 6) is 0.624. The largest absolute Gasteiger partial charge is 0.459 e. The number of likely N-dealkylation sites (tertiary alicyclic amines) is 1. The van der Waals surface area contributed by atoms with Crippen LogP contribution in [0.3, 0.4) is 0 Å². The Balaban J connectivity index is 1.57. The fourth-order valence-corrected chi connectivity index (χ4v) is 4.42. The first-order valence-corrected chi connectivity index (χ1v) is 9.02. The van der Waals surface area contributed by atoms with E-state index in [0.29, 0.717) is 25.4 Å². The average Bonchev–Trinajstić information content (AvgIpc) is 3.23. The van der Waals surface area contributed by atoms with Crippen molar-refractivity contribution in [2.45, 2.75) is 18.9 Å². The van der Waals surface area contributed by atoms with Crippen LogP contribution in [0.15, 0.2) is 58.5 Å². The molecular weight excluding hydrogens is 344 g/mol. The Bertz CT molecular complexity index is 1040. The first kappa shape index (κ1) is 16.0. The van der Waals surface area contributed by atoms with E-state index in [1.165, 1.54) is 12.6 Å². The number of carbonyl (C=O) groups excluding carboxylic acids is 1. The van der Waals surface area contributed by atoms with Gasteiger partial charge in [-0.25, -0.2) is 9.97 Å². The summed E-state index contributed by atoms with van der Waals surface area (Å²) in [6.07, 6.45) is 7.49. The van der Waals surface area contributed by atoms with Crippen molar-refractivity contribution in [3.63, 3.8) is 0 Å². The van der Waals surface area contributed by atoms with Gasteiger partial charge in [0.1, 0.15) is 6.33 Å². The minimum absolute atomic E-state index is 0.00566. The van der Waals surface area contributed by atoms with Gasteiger partial charge in [0.15, 0.2) is 5.76 Å². The second kappa shape index (κ2) is 6.19. The molecule has 1 fully saturated rings. The zero-order chi connectivity index (χ0) is 18.4. The maximum absolute atomic E-state index is 12.8. The summed E-state index contributed by atoms with van der Waals surface area (Å²) in [4.78, 5) is 35.4. The molecule has 2 aliphatic rings. The van der Waals surface area contributed by atoms with E-state index in [1.54, 1.807) is 30.6 Å². The van der Waals surface area contributed by atoms with E-state index < -0.39 is 0 Å². The minimum atomic E-state index is -0.0916. The number of fused-ring (bicyclic) bond motifs is 4. The second-order valence-corrected chi connectivity index (χ2v) is 7.19. The molecule has 0 radical (unpaired) electrons. The number of aromatic nitrogens is 3. The molecule has 1 saturated heterocycles. The molecule has 5 heterocycles. The van der Waals surface area contributed by atoms with Crippen molar-refractivity contribution < 1.29 is 9.21 Å². The van der Waals surface area contributed by atoms with Crippen LogP contribution in [0.1, 0.15) is 28.6 Å². The highest BCUT2D eigenvalue weighted by atomic mass is 16.3. The first-order chi connectivity index (χ1) is 13.2. The van der Waals surface area contributed by atoms with Crippen molar-refractivity contribution in [1.82, 2.24) is 19.4 Å². The van der Waals surface area contributed by atoms with Crippen molar-refractivity contribution in [3.8, 4) is 11.1 Å². The fraction of sp³-hybridized carbons (Fsp3) is 0.300. The molecule has 0 spiro atoms. The Hall–Kier alpha value is -3.22. The van der Waals surface area contributed by atoms with Gasteiger partial charge in [0.05, 0.1) is 6.26 Å². The van der Waals surface area contributed by atoms with Crippen LogP contribution < -0.4 is 5.56 Å². The number of carbonyl (C=O) groups is 1. The molecule has 0 aliphatic carbocycles. The Kier molecular flexibility index (Phi) is 3.67. The summed E-state index contributed by atoms with van der Waals surface area (Å²) in [7, 11) is 0. The molecule has 0 saturated carbocycles. The van der Waals surface area contributed by atoms with Crippen LogP contribution >= 0.6 is 0 Å². The lowest BCUT2D eigenvalue weighted by Gasteiger charge is -2.43. The molecule has 27 heavy (non-hydrogen) atoms. The van der Waals surface area contributed by atoms with Gasteiger partial charge in [-0.05, 0) is 30.5 Å². The molecule has 5 rings (SSSR count). The zero-order valence-corrected chi connectivity index (χ0v) is 14.6. The predicted molar refractivity (Wildman–Crippen MR) is 97.2 cm³/mol. The number of amides is 1. The number of hydrogen-bond acceptors (Lipinski definition) is 5. The molecule has 0 N–H and O–H groups in total. The van der Waals surface area contributed by atoms with Gasteiger partial charge in [0, 0.05) is 60.8 Å². The number of hydrogen-bond donors (Lipinski definition) is 0. The lowest BCUT2D eigenvalue weighted by molar-refractivity contribution is 0.0564. The van der Waals surface area contributed by atoms with Crippen molar-refractivity contribution >= 4 is 5.91 Å². The summed E-state index contributed by atoms with van der Waals surface area (Å²) < 4.78 is 7.16. The van der Waals surface area contributed by atoms with Gasteiger partial charge in [0.25, 0.3) is 11.5 Å². The standard InChI is InChI=1S/C20H18N4O3/c25-18-4-3-16(15-7-21-12-22-8-15)19-14-6-13(10-24(18)19)9-23(11-14)20(26)17-2-1-5-27-17/h1-5,7-8,12-14H,6,9-11H2. The summed E-state index contributed by atoms with van der Waals surface area (Å²) >= 11 is 0. The van der Waals surface area contributed by atoms with Gasteiger partial charge >= 0.3 is 0 Å².